The Hall–Kier alpha value is -4.14. The first-order chi connectivity index (χ1) is 21.8. The maximum atomic E-state index is 11.8. The molecule has 0 aliphatic carbocycles. The topological polar surface area (TPSA) is 112 Å². The molecule has 0 aliphatic rings. The molecule has 1 atom stereocenters. The zero-order chi connectivity index (χ0) is 32.4. The van der Waals surface area contributed by atoms with Crippen LogP contribution in [0.5, 0.6) is 11.5 Å². The second-order valence-electron chi connectivity index (χ2n) is 11.0. The summed E-state index contributed by atoms with van der Waals surface area (Å²) in [6, 6.07) is 23.0. The second kappa shape index (κ2) is 19.3. The van der Waals surface area contributed by atoms with Gasteiger partial charge in [0.15, 0.2) is 0 Å². The van der Waals surface area contributed by atoms with Gasteiger partial charge in [-0.05, 0) is 72.6 Å². The molecule has 8 nitrogen and oxygen atoms in total. The minimum atomic E-state index is -0.672. The van der Waals surface area contributed by atoms with Crippen molar-refractivity contribution < 1.29 is 38.7 Å². The number of aryl methyl sites for hydroxylation is 3. The summed E-state index contributed by atoms with van der Waals surface area (Å²) in [6.07, 6.45) is 6.37. The summed E-state index contributed by atoms with van der Waals surface area (Å²) in [4.78, 5) is 23.5. The molecule has 45 heavy (non-hydrogen) atoms. The van der Waals surface area contributed by atoms with Gasteiger partial charge in [-0.3, -0.25) is 4.79 Å². The van der Waals surface area contributed by atoms with E-state index >= 15 is 0 Å². The minimum absolute atomic E-state index is 0.00873. The molecule has 2 N–H and O–H groups in total. The quantitative estimate of drug-likeness (QED) is 0.0916. The zero-order valence-corrected chi connectivity index (χ0v) is 26.5. The Balaban J connectivity index is 1.60. The average Bonchev–Trinajstić information content (AvgIpc) is 3.07. The van der Waals surface area contributed by atoms with Crippen LogP contribution in [0, 0.1) is 5.92 Å². The van der Waals surface area contributed by atoms with Gasteiger partial charge in [0, 0.05) is 6.07 Å². The lowest BCUT2D eigenvalue weighted by atomic mass is 9.98. The number of unbranched alkanes of at least 4 members (excludes halogenated alkanes) is 2. The molecule has 0 bridgehead atoms. The predicted octanol–water partition coefficient (Wildman–Crippen LogP) is 5.89. The summed E-state index contributed by atoms with van der Waals surface area (Å²) in [7, 11) is 0. The molecule has 0 saturated heterocycles. The van der Waals surface area contributed by atoms with Crippen LogP contribution >= 0.6 is 0 Å². The van der Waals surface area contributed by atoms with E-state index in [0.717, 1.165) is 24.8 Å². The van der Waals surface area contributed by atoms with Crippen LogP contribution < -0.4 is 9.47 Å². The molecule has 0 heterocycles. The molecule has 8 heteroatoms. The van der Waals surface area contributed by atoms with Gasteiger partial charge in [0.2, 0.25) is 0 Å². The van der Waals surface area contributed by atoms with Crippen molar-refractivity contribution in [3.8, 4) is 22.6 Å². The molecule has 0 radical (unpaired) electrons. The van der Waals surface area contributed by atoms with Crippen molar-refractivity contribution in [2.75, 3.05) is 39.6 Å². The van der Waals surface area contributed by atoms with Crippen molar-refractivity contribution >= 4 is 11.9 Å². The fourth-order valence-electron chi connectivity index (χ4n) is 4.52. The van der Waals surface area contributed by atoms with Gasteiger partial charge in [0.05, 0.1) is 24.7 Å². The molecule has 0 amide bonds. The third-order valence-electron chi connectivity index (χ3n) is 7.29. The fourth-order valence-corrected chi connectivity index (χ4v) is 4.52. The highest BCUT2D eigenvalue weighted by atomic mass is 16.6. The first-order valence-electron chi connectivity index (χ1n) is 15.6. The summed E-state index contributed by atoms with van der Waals surface area (Å²) in [5.74, 6) is -0.657. The number of carbonyl (C=O) groups is 2. The van der Waals surface area contributed by atoms with Gasteiger partial charge in [-0.25, -0.2) is 4.79 Å². The Morgan fingerprint density at radius 1 is 0.711 bits per heavy atom. The number of esters is 2. The van der Waals surface area contributed by atoms with E-state index in [2.05, 4.69) is 62.0 Å². The molecule has 1 unspecified atom stereocenters. The van der Waals surface area contributed by atoms with E-state index < -0.39 is 24.5 Å². The smallest absolute Gasteiger partial charge is 0.335 e. The van der Waals surface area contributed by atoms with Gasteiger partial charge in [0.25, 0.3) is 0 Å². The first-order valence-corrected chi connectivity index (χ1v) is 15.6. The van der Waals surface area contributed by atoms with Crippen molar-refractivity contribution in [2.45, 2.75) is 52.4 Å². The SMILES string of the molecule is C=C(CO)C(=O)OCCOc1cc(CCc2ccc(-c3ccc(CCCCC)cc3)cc2)cc(OCCOC(=O)C(C)CO)c1. The Labute approximate surface area is 266 Å². The fraction of sp³-hybridized carbons (Fsp3) is 0.405. The number of rotatable bonds is 20. The Bertz CT molecular complexity index is 1350. The monoisotopic (exact) mass is 618 g/mol. The predicted molar refractivity (Wildman–Crippen MR) is 174 cm³/mol. The summed E-state index contributed by atoms with van der Waals surface area (Å²) >= 11 is 0. The number of aliphatic hydroxyl groups is 2. The van der Waals surface area contributed by atoms with Gasteiger partial charge in [0.1, 0.15) is 37.9 Å². The maximum absolute atomic E-state index is 11.8. The standard InChI is InChI=1S/C37H46O8/c1-4-5-6-7-29-10-14-32(15-11-29)33-16-12-30(13-17-33)8-9-31-22-34(42-18-20-44-36(40)27(2)25-38)24-35(23-31)43-19-21-45-37(41)28(3)26-39/h10-17,22-24,28,38-39H,2,4-9,18-21,25-26H2,1,3H3. The Morgan fingerprint density at radius 3 is 1.78 bits per heavy atom. The van der Waals surface area contributed by atoms with E-state index in [1.54, 1.807) is 13.0 Å². The highest BCUT2D eigenvalue weighted by Gasteiger charge is 2.13. The number of benzene rings is 3. The van der Waals surface area contributed by atoms with Crippen LogP contribution in [-0.4, -0.2) is 61.8 Å². The summed E-state index contributed by atoms with van der Waals surface area (Å²) < 4.78 is 21.9. The summed E-state index contributed by atoms with van der Waals surface area (Å²) in [5, 5.41) is 18.1. The van der Waals surface area contributed by atoms with Crippen LogP contribution in [0.15, 0.2) is 78.9 Å². The van der Waals surface area contributed by atoms with Gasteiger partial charge < -0.3 is 29.2 Å². The normalized spacial score (nSPS) is 11.5. The van der Waals surface area contributed by atoms with Crippen LogP contribution in [0.4, 0.5) is 0 Å². The van der Waals surface area contributed by atoms with Crippen LogP contribution in [0.25, 0.3) is 11.1 Å². The molecule has 0 spiro atoms. The lowest BCUT2D eigenvalue weighted by Crippen LogP contribution is -2.20. The molecule has 0 fully saturated rings. The number of hydrogen-bond acceptors (Lipinski definition) is 8. The molecular formula is C37H46O8. The highest BCUT2D eigenvalue weighted by Crippen LogP contribution is 2.26. The van der Waals surface area contributed by atoms with Crippen molar-refractivity contribution in [3.05, 3.63) is 95.6 Å². The molecule has 0 aromatic heterocycles. The Morgan fingerprint density at radius 2 is 1.24 bits per heavy atom. The van der Waals surface area contributed by atoms with E-state index in [9.17, 15) is 9.59 Å². The number of aliphatic hydroxyl groups excluding tert-OH is 2. The third kappa shape index (κ3) is 12.4. The molecule has 242 valence electrons. The number of hydrogen-bond donors (Lipinski definition) is 2. The molecular weight excluding hydrogens is 572 g/mol. The lowest BCUT2D eigenvalue weighted by molar-refractivity contribution is -0.149. The van der Waals surface area contributed by atoms with Crippen molar-refractivity contribution in [3.63, 3.8) is 0 Å². The van der Waals surface area contributed by atoms with E-state index in [4.69, 9.17) is 29.2 Å². The largest absolute Gasteiger partial charge is 0.490 e. The van der Waals surface area contributed by atoms with Gasteiger partial charge in [-0.1, -0.05) is 74.9 Å². The summed E-state index contributed by atoms with van der Waals surface area (Å²) in [6.45, 7) is 6.79. The third-order valence-corrected chi connectivity index (χ3v) is 7.29. The maximum Gasteiger partial charge on any atom is 0.335 e. The second-order valence-corrected chi connectivity index (χ2v) is 11.0. The Kier molecular flexibility index (Phi) is 15.1. The first kappa shape index (κ1) is 35.3. The zero-order valence-electron chi connectivity index (χ0n) is 26.5. The number of carbonyl (C=O) groups excluding carboxylic acids is 2. The summed E-state index contributed by atoms with van der Waals surface area (Å²) in [5.41, 5.74) is 5.93. The average molecular weight is 619 g/mol. The van der Waals surface area contributed by atoms with E-state index in [0.29, 0.717) is 11.5 Å². The van der Waals surface area contributed by atoms with Crippen LogP contribution in [0.1, 0.15) is 49.8 Å². The van der Waals surface area contributed by atoms with Crippen molar-refractivity contribution in [1.29, 1.82) is 0 Å². The van der Waals surface area contributed by atoms with Crippen LogP contribution in [0.3, 0.4) is 0 Å². The molecule has 3 rings (SSSR count). The van der Waals surface area contributed by atoms with Crippen molar-refractivity contribution in [2.24, 2.45) is 5.92 Å². The van der Waals surface area contributed by atoms with Gasteiger partial charge >= 0.3 is 11.9 Å². The van der Waals surface area contributed by atoms with Crippen molar-refractivity contribution in [1.82, 2.24) is 0 Å². The van der Waals surface area contributed by atoms with E-state index in [1.165, 1.54) is 41.5 Å². The lowest BCUT2D eigenvalue weighted by Gasteiger charge is -2.14. The van der Waals surface area contributed by atoms with Gasteiger partial charge in [-0.2, -0.15) is 0 Å². The number of ether oxygens (including phenoxy) is 4. The highest BCUT2D eigenvalue weighted by molar-refractivity contribution is 5.87. The van der Waals surface area contributed by atoms with Crippen LogP contribution in [0.2, 0.25) is 0 Å². The minimum Gasteiger partial charge on any atom is -0.490 e. The van der Waals surface area contributed by atoms with Crippen LogP contribution in [-0.2, 0) is 38.3 Å². The van der Waals surface area contributed by atoms with E-state index in [1.807, 2.05) is 12.1 Å². The molecule has 0 saturated carbocycles. The molecule has 3 aromatic rings. The van der Waals surface area contributed by atoms with Gasteiger partial charge in [-0.15, -0.1) is 0 Å². The van der Waals surface area contributed by atoms with E-state index in [-0.39, 0.29) is 38.6 Å². The molecule has 0 aliphatic heterocycles. The molecule has 3 aromatic carbocycles.